The van der Waals surface area contributed by atoms with Gasteiger partial charge in [-0.05, 0) is 61.0 Å². The molecule has 0 aliphatic carbocycles. The second kappa shape index (κ2) is 11.6. The van der Waals surface area contributed by atoms with Crippen LogP contribution in [0.4, 0.5) is 0 Å². The van der Waals surface area contributed by atoms with Crippen molar-refractivity contribution >= 4 is 10.0 Å². The quantitative estimate of drug-likeness (QED) is 0.480. The minimum atomic E-state index is -3.90. The highest BCUT2D eigenvalue weighted by molar-refractivity contribution is 7.89. The SMILES string of the molecule is COc1cccc(-c2ccc3c(c2)O[C@@H](CN(C)Cc2cccnc2)[C@H](C)CN([C@@H](C)CO)S3(=O)=O)c1. The number of rotatable bonds is 8. The molecule has 2 heterocycles. The van der Waals surface area contributed by atoms with Gasteiger partial charge in [-0.3, -0.25) is 9.88 Å². The maximum absolute atomic E-state index is 13.7. The molecule has 0 radical (unpaired) electrons. The second-order valence-corrected chi connectivity index (χ2v) is 11.6. The van der Waals surface area contributed by atoms with Crippen molar-refractivity contribution in [1.29, 1.82) is 0 Å². The molecule has 0 saturated carbocycles. The van der Waals surface area contributed by atoms with E-state index in [9.17, 15) is 13.5 Å². The van der Waals surface area contributed by atoms with Gasteiger partial charge < -0.3 is 14.6 Å². The summed E-state index contributed by atoms with van der Waals surface area (Å²) in [6.07, 6.45) is 3.30. The summed E-state index contributed by atoms with van der Waals surface area (Å²) in [6, 6.07) is 16.2. The first-order valence-corrected chi connectivity index (χ1v) is 13.8. The van der Waals surface area contributed by atoms with Gasteiger partial charge in [-0.1, -0.05) is 31.2 Å². The van der Waals surface area contributed by atoms with Gasteiger partial charge in [0.05, 0.1) is 13.7 Å². The fraction of sp³-hybridized carbons (Fsp3) is 0.393. The highest BCUT2D eigenvalue weighted by Gasteiger charge is 2.38. The molecule has 0 saturated heterocycles. The number of aliphatic hydroxyl groups excluding tert-OH is 1. The van der Waals surface area contributed by atoms with Gasteiger partial charge in [0, 0.05) is 44.0 Å². The first kappa shape index (κ1) is 27.1. The lowest BCUT2D eigenvalue weighted by Gasteiger charge is -2.37. The van der Waals surface area contributed by atoms with Crippen LogP contribution in [-0.4, -0.2) is 73.7 Å². The highest BCUT2D eigenvalue weighted by Crippen LogP contribution is 2.37. The molecule has 0 spiro atoms. The molecular formula is C28H35N3O5S. The molecule has 37 heavy (non-hydrogen) atoms. The molecule has 8 nitrogen and oxygen atoms in total. The zero-order chi connectivity index (χ0) is 26.6. The number of nitrogens with zero attached hydrogens (tertiary/aromatic N) is 3. The van der Waals surface area contributed by atoms with E-state index in [0.29, 0.717) is 24.6 Å². The number of hydrogen-bond acceptors (Lipinski definition) is 7. The van der Waals surface area contributed by atoms with E-state index in [-0.39, 0.29) is 30.1 Å². The second-order valence-electron chi connectivity index (χ2n) is 9.69. The molecule has 1 aliphatic heterocycles. The lowest BCUT2D eigenvalue weighted by Crippen LogP contribution is -2.49. The fourth-order valence-electron chi connectivity index (χ4n) is 4.60. The van der Waals surface area contributed by atoms with Gasteiger partial charge in [0.1, 0.15) is 22.5 Å². The third-order valence-corrected chi connectivity index (χ3v) is 8.76. The van der Waals surface area contributed by atoms with Crippen molar-refractivity contribution in [2.24, 2.45) is 5.92 Å². The van der Waals surface area contributed by atoms with Gasteiger partial charge in [0.2, 0.25) is 10.0 Å². The number of pyridine rings is 1. The maximum atomic E-state index is 13.7. The van der Waals surface area contributed by atoms with Gasteiger partial charge in [-0.2, -0.15) is 4.31 Å². The van der Waals surface area contributed by atoms with Crippen LogP contribution in [-0.2, 0) is 16.6 Å². The van der Waals surface area contributed by atoms with Crippen molar-refractivity contribution in [1.82, 2.24) is 14.2 Å². The van der Waals surface area contributed by atoms with Crippen LogP contribution < -0.4 is 9.47 Å². The molecule has 198 valence electrons. The lowest BCUT2D eigenvalue weighted by molar-refractivity contribution is 0.0734. The van der Waals surface area contributed by atoms with Crippen molar-refractivity contribution in [2.45, 2.75) is 37.4 Å². The molecule has 2 aromatic carbocycles. The predicted octanol–water partition coefficient (Wildman–Crippen LogP) is 3.66. The molecule has 9 heteroatoms. The van der Waals surface area contributed by atoms with E-state index in [1.807, 2.05) is 56.6 Å². The molecule has 0 unspecified atom stereocenters. The van der Waals surface area contributed by atoms with Gasteiger partial charge >= 0.3 is 0 Å². The lowest BCUT2D eigenvalue weighted by atomic mass is 10.0. The number of sulfonamides is 1. The molecule has 0 bridgehead atoms. The van der Waals surface area contributed by atoms with Gasteiger partial charge in [-0.25, -0.2) is 8.42 Å². The van der Waals surface area contributed by atoms with Crippen molar-refractivity contribution in [3.8, 4) is 22.6 Å². The summed E-state index contributed by atoms with van der Waals surface area (Å²) in [5.41, 5.74) is 2.80. The summed E-state index contributed by atoms with van der Waals surface area (Å²) < 4.78 is 40.8. The Labute approximate surface area is 219 Å². The average Bonchev–Trinajstić information content (AvgIpc) is 2.90. The van der Waals surface area contributed by atoms with E-state index >= 15 is 0 Å². The molecule has 4 rings (SSSR count). The average molecular weight is 526 g/mol. The first-order valence-electron chi connectivity index (χ1n) is 12.4. The van der Waals surface area contributed by atoms with E-state index in [0.717, 1.165) is 16.7 Å². The zero-order valence-corrected chi connectivity index (χ0v) is 22.6. The van der Waals surface area contributed by atoms with E-state index in [1.54, 1.807) is 38.4 Å². The minimum absolute atomic E-state index is 0.103. The van der Waals surface area contributed by atoms with Crippen LogP contribution in [0, 0.1) is 5.92 Å². The minimum Gasteiger partial charge on any atom is -0.497 e. The summed E-state index contributed by atoms with van der Waals surface area (Å²) in [5.74, 6) is 0.889. The number of aliphatic hydroxyl groups is 1. The number of likely N-dealkylation sites (N-methyl/N-ethyl adjacent to an activating group) is 1. The number of hydrogen-bond donors (Lipinski definition) is 1. The van der Waals surface area contributed by atoms with Crippen molar-refractivity contribution in [2.75, 3.05) is 33.9 Å². The van der Waals surface area contributed by atoms with Crippen LogP contribution in [0.5, 0.6) is 11.5 Å². The number of benzene rings is 2. The number of methoxy groups -OCH3 is 1. The largest absolute Gasteiger partial charge is 0.497 e. The van der Waals surface area contributed by atoms with Crippen LogP contribution in [0.2, 0.25) is 0 Å². The Morgan fingerprint density at radius 2 is 1.97 bits per heavy atom. The Kier molecular flexibility index (Phi) is 8.49. The third kappa shape index (κ3) is 6.13. The summed E-state index contributed by atoms with van der Waals surface area (Å²) >= 11 is 0. The molecule has 0 amide bonds. The Morgan fingerprint density at radius 3 is 2.68 bits per heavy atom. The van der Waals surface area contributed by atoms with Crippen molar-refractivity contribution < 1.29 is 23.0 Å². The monoisotopic (exact) mass is 525 g/mol. The zero-order valence-electron chi connectivity index (χ0n) is 21.7. The summed E-state index contributed by atoms with van der Waals surface area (Å²) in [7, 11) is -0.272. The van der Waals surface area contributed by atoms with Crippen molar-refractivity contribution in [3.63, 3.8) is 0 Å². The molecule has 0 fully saturated rings. The molecule has 1 aliphatic rings. The van der Waals surface area contributed by atoms with Gasteiger partial charge in [0.25, 0.3) is 0 Å². The van der Waals surface area contributed by atoms with Crippen molar-refractivity contribution in [3.05, 3.63) is 72.6 Å². The third-order valence-electron chi connectivity index (χ3n) is 6.74. The topological polar surface area (TPSA) is 92.2 Å². The Morgan fingerprint density at radius 1 is 1.19 bits per heavy atom. The molecule has 1 N–H and O–H groups in total. The van der Waals surface area contributed by atoms with Crippen LogP contribution in [0.1, 0.15) is 19.4 Å². The standard InChI is InChI=1S/C28H35N3O5S/c1-20-16-31(21(2)19-32)37(33,34)28-11-10-24(23-8-5-9-25(13-23)35-4)14-26(28)36-27(20)18-30(3)17-22-7-6-12-29-15-22/h5-15,20-21,27,32H,16-19H2,1-4H3/t20-,21+,27+/m1/s1. The van der Waals surface area contributed by atoms with E-state index < -0.39 is 16.1 Å². The highest BCUT2D eigenvalue weighted by atomic mass is 32.2. The van der Waals surface area contributed by atoms with E-state index in [1.165, 1.54) is 4.31 Å². The summed E-state index contributed by atoms with van der Waals surface area (Å²) in [4.78, 5) is 6.45. The van der Waals surface area contributed by atoms with Gasteiger partial charge in [-0.15, -0.1) is 0 Å². The number of fused-ring (bicyclic) bond motifs is 1. The Bertz CT molecular complexity index is 1300. The first-order chi connectivity index (χ1) is 17.7. The van der Waals surface area contributed by atoms with Crippen LogP contribution in [0.25, 0.3) is 11.1 Å². The smallest absolute Gasteiger partial charge is 0.247 e. The molecule has 3 atom stereocenters. The Hall–Kier alpha value is -2.98. The van der Waals surface area contributed by atoms with Crippen LogP contribution >= 0.6 is 0 Å². The van der Waals surface area contributed by atoms with Gasteiger partial charge in [0.15, 0.2) is 0 Å². The normalized spacial score (nSPS) is 20.4. The maximum Gasteiger partial charge on any atom is 0.247 e. The Balaban J connectivity index is 1.73. The summed E-state index contributed by atoms with van der Waals surface area (Å²) in [5, 5.41) is 9.87. The summed E-state index contributed by atoms with van der Waals surface area (Å²) in [6.45, 7) is 4.96. The van der Waals surface area contributed by atoms with Crippen LogP contribution in [0.3, 0.4) is 0 Å². The van der Waals surface area contributed by atoms with Crippen LogP contribution in [0.15, 0.2) is 71.9 Å². The molecule has 1 aromatic heterocycles. The fourth-order valence-corrected chi connectivity index (χ4v) is 6.43. The predicted molar refractivity (Wildman–Crippen MR) is 143 cm³/mol. The van der Waals surface area contributed by atoms with E-state index in [4.69, 9.17) is 9.47 Å². The van der Waals surface area contributed by atoms with E-state index in [2.05, 4.69) is 9.88 Å². The molecule has 3 aromatic rings. The number of ether oxygens (including phenoxy) is 2. The number of aromatic nitrogens is 1. The molecular weight excluding hydrogens is 490 g/mol.